The van der Waals surface area contributed by atoms with Crippen LogP contribution in [0, 0.1) is 12.8 Å². The molecule has 0 bridgehead atoms. The lowest BCUT2D eigenvalue weighted by molar-refractivity contribution is 0.164. The van der Waals surface area contributed by atoms with Gasteiger partial charge in [0.05, 0.1) is 17.4 Å². The number of pyridine rings is 1. The molecule has 4 N–H and O–H groups in total. The fourth-order valence-electron chi connectivity index (χ4n) is 5.09. The minimum atomic E-state index is -0.316. The van der Waals surface area contributed by atoms with E-state index in [2.05, 4.69) is 44.1 Å². The molecule has 2 fully saturated rings. The van der Waals surface area contributed by atoms with Gasteiger partial charge in [-0.15, -0.1) is 0 Å². The van der Waals surface area contributed by atoms with Crippen LogP contribution < -0.4 is 20.7 Å². The number of nitrogens with one attached hydrogen (secondary N) is 3. The van der Waals surface area contributed by atoms with Gasteiger partial charge in [-0.1, -0.05) is 24.3 Å². The molecule has 2 aromatic heterocycles. The van der Waals surface area contributed by atoms with Gasteiger partial charge in [0.15, 0.2) is 0 Å². The topological polar surface area (TPSA) is 104 Å². The number of piperidine rings is 1. The highest BCUT2D eigenvalue weighted by atomic mass is 16.5. The number of rotatable bonds is 9. The Hall–Kier alpha value is -3.75. The molecular formula is C30H34N6O2. The predicted octanol–water partition coefficient (Wildman–Crippen LogP) is 5.14. The molecule has 0 spiro atoms. The van der Waals surface area contributed by atoms with Crippen molar-refractivity contribution in [1.82, 2.24) is 20.3 Å². The van der Waals surface area contributed by atoms with Gasteiger partial charge in [0.25, 0.3) is 0 Å². The first-order valence-corrected chi connectivity index (χ1v) is 13.5. The van der Waals surface area contributed by atoms with E-state index in [0.717, 1.165) is 77.8 Å². The summed E-state index contributed by atoms with van der Waals surface area (Å²) in [5, 5.41) is 22.7. The number of aliphatic hydroxyl groups excluding tert-OH is 1. The summed E-state index contributed by atoms with van der Waals surface area (Å²) in [7, 11) is 0. The van der Waals surface area contributed by atoms with E-state index >= 15 is 0 Å². The summed E-state index contributed by atoms with van der Waals surface area (Å²) in [5.74, 6) is 2.29. The van der Waals surface area contributed by atoms with Crippen LogP contribution in [0.5, 0.6) is 11.6 Å². The minimum absolute atomic E-state index is 0.315. The molecule has 1 aliphatic carbocycles. The van der Waals surface area contributed by atoms with Crippen LogP contribution in [0.15, 0.2) is 60.9 Å². The number of aryl methyl sites for hydroxylation is 1. The number of nitrogens with zero attached hydrogens (tertiary/aromatic N) is 3. The van der Waals surface area contributed by atoms with E-state index in [9.17, 15) is 5.11 Å². The Morgan fingerprint density at radius 1 is 1.03 bits per heavy atom. The second-order valence-corrected chi connectivity index (χ2v) is 10.3. The monoisotopic (exact) mass is 510 g/mol. The highest BCUT2D eigenvalue weighted by Crippen LogP contribution is 2.39. The second kappa shape index (κ2) is 10.9. The number of benzene rings is 2. The van der Waals surface area contributed by atoms with Gasteiger partial charge in [-0.2, -0.15) is 0 Å². The van der Waals surface area contributed by atoms with Crippen molar-refractivity contribution in [2.24, 2.45) is 5.92 Å². The molecule has 6 rings (SSSR count). The first-order valence-electron chi connectivity index (χ1n) is 13.5. The van der Waals surface area contributed by atoms with Crippen LogP contribution in [-0.2, 0) is 0 Å². The number of hydrogen-bond acceptors (Lipinski definition) is 8. The quantitative estimate of drug-likeness (QED) is 0.245. The Morgan fingerprint density at radius 3 is 2.79 bits per heavy atom. The van der Waals surface area contributed by atoms with Crippen LogP contribution in [0.1, 0.15) is 31.2 Å². The standard InChI is InChI=1S/C30H34N6O2/c1-19-9-12-22-23(6-2-8-25(22)34-18-27(37)20-10-11-20)28(19)38-29-24(7-4-15-32-29)26-13-16-33-30(36-26)35-21-5-3-14-31-17-21/h2,4,6-9,12-13,15-16,20-21,27,31,34,37H,3,5,10-11,14,17-18H2,1H3,(H,33,35,36)/t21-,27+/m0/s1. The number of aromatic nitrogens is 3. The van der Waals surface area contributed by atoms with Crippen LogP contribution >= 0.6 is 0 Å². The average Bonchev–Trinajstić information content (AvgIpc) is 3.80. The van der Waals surface area contributed by atoms with Crippen molar-refractivity contribution in [2.75, 3.05) is 30.3 Å². The molecule has 2 atom stereocenters. The van der Waals surface area contributed by atoms with Crippen LogP contribution in [-0.4, -0.2) is 51.8 Å². The predicted molar refractivity (Wildman–Crippen MR) is 151 cm³/mol. The largest absolute Gasteiger partial charge is 0.437 e. The summed E-state index contributed by atoms with van der Waals surface area (Å²) in [6.45, 7) is 4.55. The Labute approximate surface area is 222 Å². The summed E-state index contributed by atoms with van der Waals surface area (Å²) < 4.78 is 6.55. The molecular weight excluding hydrogens is 476 g/mol. The smallest absolute Gasteiger partial charge is 0.228 e. The minimum Gasteiger partial charge on any atom is -0.437 e. The van der Waals surface area contributed by atoms with E-state index in [1.54, 1.807) is 12.4 Å². The number of anilines is 2. The lowest BCUT2D eigenvalue weighted by Gasteiger charge is -2.23. The molecule has 0 radical (unpaired) electrons. The second-order valence-electron chi connectivity index (χ2n) is 10.3. The maximum atomic E-state index is 10.4. The molecule has 1 aliphatic heterocycles. The molecule has 8 heteroatoms. The lowest BCUT2D eigenvalue weighted by atomic mass is 10.0. The lowest BCUT2D eigenvalue weighted by Crippen LogP contribution is -2.38. The van der Waals surface area contributed by atoms with E-state index in [1.165, 1.54) is 0 Å². The maximum absolute atomic E-state index is 10.4. The van der Waals surface area contributed by atoms with E-state index < -0.39 is 0 Å². The summed E-state index contributed by atoms with van der Waals surface area (Å²) in [5.41, 5.74) is 3.55. The van der Waals surface area contributed by atoms with E-state index in [1.807, 2.05) is 37.3 Å². The van der Waals surface area contributed by atoms with Crippen molar-refractivity contribution in [1.29, 1.82) is 0 Å². The van der Waals surface area contributed by atoms with E-state index in [-0.39, 0.29) is 6.10 Å². The van der Waals surface area contributed by atoms with Crippen molar-refractivity contribution >= 4 is 22.4 Å². The fourth-order valence-corrected chi connectivity index (χ4v) is 5.09. The maximum Gasteiger partial charge on any atom is 0.228 e. The summed E-state index contributed by atoms with van der Waals surface area (Å²) in [6, 6.07) is 16.4. The Bertz CT molecular complexity index is 1420. The van der Waals surface area contributed by atoms with Gasteiger partial charge in [0.2, 0.25) is 11.8 Å². The zero-order valence-corrected chi connectivity index (χ0v) is 21.7. The van der Waals surface area contributed by atoms with Crippen LogP contribution in [0.3, 0.4) is 0 Å². The number of hydrogen-bond donors (Lipinski definition) is 4. The first kappa shape index (κ1) is 24.6. The highest BCUT2D eigenvalue weighted by Gasteiger charge is 2.29. The van der Waals surface area contributed by atoms with Gasteiger partial charge in [-0.05, 0) is 74.9 Å². The molecule has 1 saturated carbocycles. The Kier molecular flexibility index (Phi) is 7.07. The van der Waals surface area contributed by atoms with E-state index in [0.29, 0.717) is 30.3 Å². The number of fused-ring (bicyclic) bond motifs is 1. The number of ether oxygens (including phenoxy) is 1. The summed E-state index contributed by atoms with van der Waals surface area (Å²) in [4.78, 5) is 13.8. The van der Waals surface area contributed by atoms with Crippen molar-refractivity contribution in [3.8, 4) is 22.9 Å². The Balaban J connectivity index is 1.29. The van der Waals surface area contributed by atoms with Crippen LogP contribution in [0.2, 0.25) is 0 Å². The third-order valence-corrected chi connectivity index (χ3v) is 7.41. The van der Waals surface area contributed by atoms with Gasteiger partial charge in [0.1, 0.15) is 5.75 Å². The van der Waals surface area contributed by atoms with Gasteiger partial charge < -0.3 is 25.8 Å². The van der Waals surface area contributed by atoms with Gasteiger partial charge in [0, 0.05) is 48.0 Å². The van der Waals surface area contributed by atoms with Crippen LogP contribution in [0.4, 0.5) is 11.6 Å². The molecule has 38 heavy (non-hydrogen) atoms. The third kappa shape index (κ3) is 5.42. The number of aliphatic hydroxyl groups is 1. The third-order valence-electron chi connectivity index (χ3n) is 7.41. The normalized spacial score (nSPS) is 18.2. The summed E-state index contributed by atoms with van der Waals surface area (Å²) >= 11 is 0. The van der Waals surface area contributed by atoms with Gasteiger partial charge >= 0.3 is 0 Å². The van der Waals surface area contributed by atoms with Crippen LogP contribution in [0.25, 0.3) is 22.0 Å². The molecule has 4 aromatic rings. The first-order chi connectivity index (χ1) is 18.7. The van der Waals surface area contributed by atoms with E-state index in [4.69, 9.17) is 9.72 Å². The highest BCUT2D eigenvalue weighted by molar-refractivity contribution is 5.98. The zero-order chi connectivity index (χ0) is 25.9. The molecule has 2 aliphatic rings. The zero-order valence-electron chi connectivity index (χ0n) is 21.7. The molecule has 1 saturated heterocycles. The fraction of sp³-hybridized carbons (Fsp3) is 0.367. The van der Waals surface area contributed by atoms with Gasteiger partial charge in [-0.3, -0.25) is 0 Å². The Morgan fingerprint density at radius 2 is 1.95 bits per heavy atom. The van der Waals surface area contributed by atoms with Crippen molar-refractivity contribution in [2.45, 2.75) is 44.8 Å². The molecule has 8 nitrogen and oxygen atoms in total. The molecule has 2 aromatic carbocycles. The molecule has 3 heterocycles. The molecule has 0 amide bonds. The van der Waals surface area contributed by atoms with Crippen molar-refractivity contribution in [3.63, 3.8) is 0 Å². The van der Waals surface area contributed by atoms with Gasteiger partial charge in [-0.25, -0.2) is 15.0 Å². The SMILES string of the molecule is Cc1ccc2c(NC[C@@H](O)C3CC3)cccc2c1Oc1ncccc1-c1ccnc(N[C@H]2CCCNC2)n1. The average molecular weight is 511 g/mol. The molecule has 196 valence electrons. The summed E-state index contributed by atoms with van der Waals surface area (Å²) in [6.07, 6.45) is 7.66. The van der Waals surface area contributed by atoms with Crippen molar-refractivity contribution in [3.05, 3.63) is 66.5 Å². The molecule has 0 unspecified atom stereocenters. The van der Waals surface area contributed by atoms with Crippen molar-refractivity contribution < 1.29 is 9.84 Å².